The first-order chi connectivity index (χ1) is 11.0. The molecule has 3 aromatic rings. The van der Waals surface area contributed by atoms with Crippen LogP contribution < -0.4 is 0 Å². The van der Waals surface area contributed by atoms with E-state index in [0.29, 0.717) is 11.2 Å². The zero-order valence-corrected chi connectivity index (χ0v) is 15.7. The number of carbonyl (C=O) groups is 1. The molecule has 23 heavy (non-hydrogen) atoms. The van der Waals surface area contributed by atoms with Crippen LogP contribution in [0.1, 0.15) is 34.2 Å². The van der Waals surface area contributed by atoms with E-state index in [-0.39, 0.29) is 11.7 Å². The Bertz CT molecular complexity index is 1010. The van der Waals surface area contributed by atoms with Crippen LogP contribution in [0.3, 0.4) is 0 Å². The van der Waals surface area contributed by atoms with Gasteiger partial charge in [-0.15, -0.1) is 0 Å². The number of rotatable bonds is 1. The number of halogens is 1. The van der Waals surface area contributed by atoms with Crippen molar-refractivity contribution in [2.45, 2.75) is 18.8 Å². The largest absolute Gasteiger partial charge is 0.341 e. The molecule has 0 amide bonds. The Labute approximate surface area is 151 Å². The Morgan fingerprint density at radius 2 is 2.13 bits per heavy atom. The van der Waals surface area contributed by atoms with Crippen molar-refractivity contribution in [3.05, 3.63) is 43.6 Å². The second-order valence-corrected chi connectivity index (χ2v) is 7.65. The molecule has 1 aliphatic rings. The number of hydrogen-bond acceptors (Lipinski definition) is 3. The van der Waals surface area contributed by atoms with Crippen LogP contribution in [0.4, 0.5) is 0 Å². The Balaban J connectivity index is 1.89. The van der Waals surface area contributed by atoms with Crippen molar-refractivity contribution in [2.24, 2.45) is 14.1 Å². The van der Waals surface area contributed by atoms with Crippen LogP contribution in [0.5, 0.6) is 0 Å². The van der Waals surface area contributed by atoms with Gasteiger partial charge in [-0.1, -0.05) is 0 Å². The molecule has 5 nitrogen and oxygen atoms in total. The smallest absolute Gasteiger partial charge is 0.194 e. The number of benzene rings is 1. The highest BCUT2D eigenvalue weighted by Crippen LogP contribution is 2.37. The predicted molar refractivity (Wildman–Crippen MR) is 99.4 cm³/mol. The molecule has 4 rings (SSSR count). The van der Waals surface area contributed by atoms with Crippen molar-refractivity contribution in [1.82, 2.24) is 19.3 Å². The van der Waals surface area contributed by atoms with E-state index in [1.165, 1.54) is 8.96 Å². The molecule has 0 radical (unpaired) electrons. The SMILES string of the molecule is Cn1nc(C2CC(=O)c3c(c4cc(I)ccc4n3C)C2)[nH]c1=S. The zero-order chi connectivity index (χ0) is 16.3. The van der Waals surface area contributed by atoms with Gasteiger partial charge in [0, 0.05) is 40.9 Å². The lowest BCUT2D eigenvalue weighted by Crippen LogP contribution is -2.21. The van der Waals surface area contributed by atoms with Crippen molar-refractivity contribution < 1.29 is 4.79 Å². The lowest BCUT2D eigenvalue weighted by Gasteiger charge is -2.20. The zero-order valence-electron chi connectivity index (χ0n) is 12.8. The number of carbonyl (C=O) groups excluding carboxylic acids is 1. The molecule has 0 bridgehead atoms. The van der Waals surface area contributed by atoms with E-state index >= 15 is 0 Å². The number of Topliss-reactive ketones (excluding diaryl/α,β-unsaturated/α-hetero) is 1. The summed E-state index contributed by atoms with van der Waals surface area (Å²) in [5.74, 6) is 1.04. The molecule has 0 saturated carbocycles. The first-order valence-electron chi connectivity index (χ1n) is 7.39. The fraction of sp³-hybridized carbons (Fsp3) is 0.312. The second-order valence-electron chi connectivity index (χ2n) is 6.01. The lowest BCUT2D eigenvalue weighted by molar-refractivity contribution is 0.0955. The molecular weight excluding hydrogens is 423 g/mol. The molecule has 0 fully saturated rings. The molecule has 7 heteroatoms. The average Bonchev–Trinajstić information content (AvgIpc) is 2.98. The highest BCUT2D eigenvalue weighted by atomic mass is 127. The average molecular weight is 438 g/mol. The van der Waals surface area contributed by atoms with E-state index in [4.69, 9.17) is 12.2 Å². The van der Waals surface area contributed by atoms with Gasteiger partial charge in [-0.25, -0.2) is 4.68 Å². The minimum atomic E-state index is 0.0568. The Kier molecular flexibility index (Phi) is 3.45. The van der Waals surface area contributed by atoms with Gasteiger partial charge in [-0.3, -0.25) is 4.79 Å². The topological polar surface area (TPSA) is 55.6 Å². The summed E-state index contributed by atoms with van der Waals surface area (Å²) in [6.07, 6.45) is 1.28. The molecule has 2 heterocycles. The van der Waals surface area contributed by atoms with Gasteiger partial charge in [-0.2, -0.15) is 5.10 Å². The van der Waals surface area contributed by atoms with Gasteiger partial charge in [-0.05, 0) is 65.0 Å². The highest BCUT2D eigenvalue weighted by molar-refractivity contribution is 14.1. The molecule has 1 unspecified atom stereocenters. The van der Waals surface area contributed by atoms with Gasteiger partial charge in [0.15, 0.2) is 10.6 Å². The summed E-state index contributed by atoms with van der Waals surface area (Å²) in [6.45, 7) is 0. The van der Waals surface area contributed by atoms with Crippen LogP contribution in [0, 0.1) is 8.34 Å². The lowest BCUT2D eigenvalue weighted by atomic mass is 9.85. The number of aromatic nitrogens is 4. The number of fused-ring (bicyclic) bond motifs is 3. The van der Waals surface area contributed by atoms with Crippen molar-refractivity contribution in [1.29, 1.82) is 0 Å². The van der Waals surface area contributed by atoms with Gasteiger partial charge in [0.1, 0.15) is 5.82 Å². The summed E-state index contributed by atoms with van der Waals surface area (Å²) >= 11 is 7.52. The summed E-state index contributed by atoms with van der Waals surface area (Å²) in [5.41, 5.74) is 3.08. The molecule has 1 aromatic carbocycles. The summed E-state index contributed by atoms with van der Waals surface area (Å²) < 4.78 is 5.44. The first-order valence-corrected chi connectivity index (χ1v) is 8.87. The highest BCUT2D eigenvalue weighted by Gasteiger charge is 2.32. The van der Waals surface area contributed by atoms with Crippen LogP contribution in [0.25, 0.3) is 10.9 Å². The maximum Gasteiger partial charge on any atom is 0.194 e. The van der Waals surface area contributed by atoms with E-state index in [0.717, 1.165) is 29.0 Å². The molecule has 118 valence electrons. The summed E-state index contributed by atoms with van der Waals surface area (Å²) in [5, 5.41) is 5.61. The normalized spacial score (nSPS) is 17.7. The molecule has 0 saturated heterocycles. The van der Waals surface area contributed by atoms with Gasteiger partial charge in [0.25, 0.3) is 0 Å². The second kappa shape index (κ2) is 5.27. The Morgan fingerprint density at radius 3 is 2.83 bits per heavy atom. The quantitative estimate of drug-likeness (QED) is 0.468. The maximum absolute atomic E-state index is 12.7. The van der Waals surface area contributed by atoms with Crippen LogP contribution >= 0.6 is 34.8 Å². The molecule has 1 N–H and O–H groups in total. The van der Waals surface area contributed by atoms with Crippen LogP contribution in [0.2, 0.25) is 0 Å². The molecular formula is C16H15IN4OS. The fourth-order valence-corrected chi connectivity index (χ4v) is 4.13. The third kappa shape index (κ3) is 2.28. The minimum absolute atomic E-state index is 0.0568. The summed E-state index contributed by atoms with van der Waals surface area (Å²) in [6, 6.07) is 6.32. The summed E-state index contributed by atoms with van der Waals surface area (Å²) in [7, 11) is 3.79. The number of nitrogens with zero attached hydrogens (tertiary/aromatic N) is 3. The van der Waals surface area contributed by atoms with E-state index in [1.807, 2.05) is 18.7 Å². The van der Waals surface area contributed by atoms with Gasteiger partial charge < -0.3 is 9.55 Å². The van der Waals surface area contributed by atoms with Gasteiger partial charge in [0.05, 0.1) is 5.69 Å². The standard InChI is InChI=1S/C16H15IN4OS/c1-20-12-4-3-9(17)7-10(12)11-5-8(6-13(22)14(11)20)15-18-16(23)21(2)19-15/h3-4,7-8H,5-6H2,1-2H3,(H,18,19,23). The number of nitrogens with one attached hydrogen (secondary N) is 1. The van der Waals surface area contributed by atoms with Crippen LogP contribution in [-0.4, -0.2) is 25.1 Å². The van der Waals surface area contributed by atoms with E-state index < -0.39 is 0 Å². The Hall–Kier alpha value is -1.48. The minimum Gasteiger partial charge on any atom is -0.341 e. The van der Waals surface area contributed by atoms with Crippen molar-refractivity contribution >= 4 is 51.5 Å². The maximum atomic E-state index is 12.7. The van der Waals surface area contributed by atoms with Gasteiger partial charge >= 0.3 is 0 Å². The van der Waals surface area contributed by atoms with E-state index in [2.05, 4.69) is 50.9 Å². The monoisotopic (exact) mass is 438 g/mol. The van der Waals surface area contributed by atoms with Crippen molar-refractivity contribution in [3.63, 3.8) is 0 Å². The van der Waals surface area contributed by atoms with Crippen molar-refractivity contribution in [3.8, 4) is 0 Å². The van der Waals surface area contributed by atoms with Crippen LogP contribution in [-0.2, 0) is 20.5 Å². The molecule has 1 aliphatic carbocycles. The van der Waals surface area contributed by atoms with Crippen LogP contribution in [0.15, 0.2) is 18.2 Å². The number of aryl methyl sites for hydroxylation is 2. The third-order valence-electron chi connectivity index (χ3n) is 4.59. The fourth-order valence-electron chi connectivity index (χ4n) is 3.49. The van der Waals surface area contributed by atoms with E-state index in [9.17, 15) is 4.79 Å². The molecule has 0 aliphatic heterocycles. The molecule has 0 spiro atoms. The number of ketones is 1. The summed E-state index contributed by atoms with van der Waals surface area (Å²) in [4.78, 5) is 15.9. The number of H-pyrrole nitrogens is 1. The van der Waals surface area contributed by atoms with Crippen molar-refractivity contribution in [2.75, 3.05) is 0 Å². The first kappa shape index (κ1) is 15.1. The third-order valence-corrected chi connectivity index (χ3v) is 5.62. The molecule has 2 aromatic heterocycles. The molecule has 1 atom stereocenters. The van der Waals surface area contributed by atoms with E-state index in [1.54, 1.807) is 4.68 Å². The predicted octanol–water partition coefficient (Wildman–Crippen LogP) is 3.49. The van der Waals surface area contributed by atoms with Gasteiger partial charge in [0.2, 0.25) is 0 Å². The number of hydrogen-bond donors (Lipinski definition) is 1. The Morgan fingerprint density at radius 1 is 1.35 bits per heavy atom. The number of aromatic amines is 1.